The summed E-state index contributed by atoms with van der Waals surface area (Å²) in [6, 6.07) is 3.47. The summed E-state index contributed by atoms with van der Waals surface area (Å²) in [5.74, 6) is 0.103. The second-order valence-electron chi connectivity index (χ2n) is 4.45. The molecule has 20 heavy (non-hydrogen) atoms. The molecule has 0 spiro atoms. The number of carboxylic acids is 1. The minimum absolute atomic E-state index is 0.137. The van der Waals surface area contributed by atoms with E-state index in [1.165, 1.54) is 13.3 Å². The Morgan fingerprint density at radius 2 is 1.95 bits per heavy atom. The van der Waals surface area contributed by atoms with Crippen LogP contribution in [0.5, 0.6) is 11.5 Å². The van der Waals surface area contributed by atoms with Gasteiger partial charge in [0.1, 0.15) is 22.6 Å². The van der Waals surface area contributed by atoms with Crippen LogP contribution in [0.25, 0.3) is 10.9 Å². The highest BCUT2D eigenvalue weighted by Crippen LogP contribution is 2.36. The van der Waals surface area contributed by atoms with Crippen LogP contribution in [0.1, 0.15) is 10.4 Å². The fourth-order valence-corrected chi connectivity index (χ4v) is 2.14. The summed E-state index contributed by atoms with van der Waals surface area (Å²) in [6.07, 6.45) is 1.34. The van der Waals surface area contributed by atoms with E-state index in [9.17, 15) is 9.90 Å². The third-order valence-electron chi connectivity index (χ3n) is 3.01. The molecule has 0 atom stereocenters. The smallest absolute Gasteiger partial charge is 0.339 e. The number of aromatic nitrogens is 1. The highest BCUT2D eigenvalue weighted by Gasteiger charge is 2.19. The molecule has 0 amide bonds. The maximum Gasteiger partial charge on any atom is 0.339 e. The van der Waals surface area contributed by atoms with Gasteiger partial charge in [-0.3, -0.25) is 4.98 Å². The third kappa shape index (κ3) is 2.20. The number of carboxylic acid groups (broad SMARTS) is 1. The lowest BCUT2D eigenvalue weighted by Gasteiger charge is -2.19. The molecule has 0 aliphatic carbocycles. The second-order valence-corrected chi connectivity index (χ2v) is 4.45. The van der Waals surface area contributed by atoms with Crippen LogP contribution in [0.4, 0.5) is 5.69 Å². The van der Waals surface area contributed by atoms with Crippen molar-refractivity contribution < 1.29 is 19.4 Å². The number of hydrogen-bond donors (Lipinski definition) is 1. The van der Waals surface area contributed by atoms with Crippen molar-refractivity contribution in [3.8, 4) is 11.5 Å². The standard InChI is InChI=1S/C14H16N2O4/c1-16(2)13-9-5-8(19-3)6-11(20-4)12(9)15-7-10(13)14(17)18/h5-7H,1-4H3,(H,17,18). The lowest BCUT2D eigenvalue weighted by Crippen LogP contribution is -2.15. The molecule has 2 aromatic rings. The van der Waals surface area contributed by atoms with E-state index in [4.69, 9.17) is 9.47 Å². The number of nitrogens with zero attached hydrogens (tertiary/aromatic N) is 2. The zero-order valence-corrected chi connectivity index (χ0v) is 11.8. The largest absolute Gasteiger partial charge is 0.497 e. The van der Waals surface area contributed by atoms with E-state index < -0.39 is 5.97 Å². The van der Waals surface area contributed by atoms with Crippen molar-refractivity contribution >= 4 is 22.6 Å². The highest BCUT2D eigenvalue weighted by molar-refractivity contribution is 6.06. The average molecular weight is 276 g/mol. The van der Waals surface area contributed by atoms with E-state index in [-0.39, 0.29) is 5.56 Å². The fourth-order valence-electron chi connectivity index (χ4n) is 2.14. The normalized spacial score (nSPS) is 10.4. The van der Waals surface area contributed by atoms with Crippen LogP contribution in [-0.4, -0.2) is 44.4 Å². The van der Waals surface area contributed by atoms with Crippen LogP contribution in [-0.2, 0) is 0 Å². The molecule has 6 nitrogen and oxygen atoms in total. The van der Waals surface area contributed by atoms with Crippen LogP contribution in [0.15, 0.2) is 18.3 Å². The predicted molar refractivity (Wildman–Crippen MR) is 76.1 cm³/mol. The molecule has 0 aliphatic rings. The van der Waals surface area contributed by atoms with Crippen LogP contribution >= 0.6 is 0 Å². The van der Waals surface area contributed by atoms with Crippen molar-refractivity contribution in [2.45, 2.75) is 0 Å². The Balaban J connectivity index is 2.91. The molecule has 1 aromatic carbocycles. The maximum absolute atomic E-state index is 11.3. The van der Waals surface area contributed by atoms with Gasteiger partial charge in [-0.15, -0.1) is 0 Å². The van der Waals surface area contributed by atoms with Crippen LogP contribution in [0, 0.1) is 0 Å². The predicted octanol–water partition coefficient (Wildman–Crippen LogP) is 2.02. The number of benzene rings is 1. The average Bonchev–Trinajstić information content (AvgIpc) is 2.43. The second kappa shape index (κ2) is 5.24. The molecule has 0 saturated carbocycles. The quantitative estimate of drug-likeness (QED) is 0.921. The van der Waals surface area contributed by atoms with Crippen LogP contribution in [0.2, 0.25) is 0 Å². The molecule has 0 fully saturated rings. The van der Waals surface area contributed by atoms with Crippen molar-refractivity contribution in [2.24, 2.45) is 0 Å². The summed E-state index contributed by atoms with van der Waals surface area (Å²) in [5, 5.41) is 9.97. The van der Waals surface area contributed by atoms with E-state index in [0.29, 0.717) is 28.1 Å². The highest BCUT2D eigenvalue weighted by atomic mass is 16.5. The minimum Gasteiger partial charge on any atom is -0.497 e. The van der Waals surface area contributed by atoms with E-state index in [1.54, 1.807) is 38.2 Å². The fraction of sp³-hybridized carbons (Fsp3) is 0.286. The van der Waals surface area contributed by atoms with Gasteiger partial charge in [0.25, 0.3) is 0 Å². The van der Waals surface area contributed by atoms with Gasteiger partial charge in [0, 0.05) is 31.7 Å². The number of pyridine rings is 1. The van der Waals surface area contributed by atoms with Crippen molar-refractivity contribution in [3.63, 3.8) is 0 Å². The summed E-state index contributed by atoms with van der Waals surface area (Å²) < 4.78 is 10.5. The molecular weight excluding hydrogens is 260 g/mol. The molecule has 2 rings (SSSR count). The zero-order chi connectivity index (χ0) is 14.9. The van der Waals surface area contributed by atoms with Crippen molar-refractivity contribution in [1.29, 1.82) is 0 Å². The Morgan fingerprint density at radius 1 is 1.25 bits per heavy atom. The first-order chi connectivity index (χ1) is 9.49. The molecule has 0 saturated heterocycles. The van der Waals surface area contributed by atoms with Gasteiger partial charge < -0.3 is 19.5 Å². The van der Waals surface area contributed by atoms with Crippen molar-refractivity contribution in [2.75, 3.05) is 33.2 Å². The molecule has 0 aliphatic heterocycles. The van der Waals surface area contributed by atoms with Gasteiger partial charge in [-0.25, -0.2) is 4.79 Å². The van der Waals surface area contributed by atoms with Gasteiger partial charge in [0.15, 0.2) is 0 Å². The summed E-state index contributed by atoms with van der Waals surface area (Å²) in [5.41, 5.74) is 1.31. The third-order valence-corrected chi connectivity index (χ3v) is 3.01. The first kappa shape index (κ1) is 13.9. The molecule has 1 heterocycles. The molecular formula is C14H16N2O4. The Hall–Kier alpha value is -2.50. The summed E-state index contributed by atoms with van der Waals surface area (Å²) in [6.45, 7) is 0. The Bertz CT molecular complexity index is 668. The van der Waals surface area contributed by atoms with Gasteiger partial charge in [-0.2, -0.15) is 0 Å². The molecule has 1 N–H and O–H groups in total. The summed E-state index contributed by atoms with van der Waals surface area (Å²) in [4.78, 5) is 17.3. The zero-order valence-electron chi connectivity index (χ0n) is 11.8. The van der Waals surface area contributed by atoms with E-state index in [0.717, 1.165) is 0 Å². The van der Waals surface area contributed by atoms with Gasteiger partial charge in [0.05, 0.1) is 19.9 Å². The molecule has 6 heteroatoms. The number of methoxy groups -OCH3 is 2. The monoisotopic (exact) mass is 276 g/mol. The van der Waals surface area contributed by atoms with Gasteiger partial charge >= 0.3 is 5.97 Å². The van der Waals surface area contributed by atoms with E-state index in [1.807, 2.05) is 0 Å². The first-order valence-corrected chi connectivity index (χ1v) is 5.95. The maximum atomic E-state index is 11.3. The lowest BCUT2D eigenvalue weighted by molar-refractivity contribution is 0.0697. The van der Waals surface area contributed by atoms with Gasteiger partial charge in [0.2, 0.25) is 0 Å². The molecule has 0 bridgehead atoms. The number of carbonyl (C=O) groups is 1. The van der Waals surface area contributed by atoms with Crippen molar-refractivity contribution in [3.05, 3.63) is 23.9 Å². The summed E-state index contributed by atoms with van der Waals surface area (Å²) in [7, 11) is 6.65. The topological polar surface area (TPSA) is 71.9 Å². The van der Waals surface area contributed by atoms with Gasteiger partial charge in [-0.05, 0) is 6.07 Å². The van der Waals surface area contributed by atoms with Crippen LogP contribution in [0.3, 0.4) is 0 Å². The molecule has 0 radical (unpaired) electrons. The number of hydrogen-bond acceptors (Lipinski definition) is 5. The van der Waals surface area contributed by atoms with Crippen molar-refractivity contribution in [1.82, 2.24) is 4.98 Å². The SMILES string of the molecule is COc1cc(OC)c2ncc(C(=O)O)c(N(C)C)c2c1. The Morgan fingerprint density at radius 3 is 2.45 bits per heavy atom. The van der Waals surface area contributed by atoms with E-state index >= 15 is 0 Å². The first-order valence-electron chi connectivity index (χ1n) is 5.95. The van der Waals surface area contributed by atoms with E-state index in [2.05, 4.69) is 4.98 Å². The number of aromatic carboxylic acids is 1. The van der Waals surface area contributed by atoms with Crippen LogP contribution < -0.4 is 14.4 Å². The molecule has 1 aromatic heterocycles. The Kier molecular flexibility index (Phi) is 3.65. The number of rotatable bonds is 4. The Labute approximate surface area is 116 Å². The molecule has 106 valence electrons. The number of ether oxygens (including phenoxy) is 2. The minimum atomic E-state index is -1.02. The number of fused-ring (bicyclic) bond motifs is 1. The lowest BCUT2D eigenvalue weighted by atomic mass is 10.1. The molecule has 0 unspecified atom stereocenters. The van der Waals surface area contributed by atoms with Gasteiger partial charge in [-0.1, -0.05) is 0 Å². The number of anilines is 1. The summed E-state index contributed by atoms with van der Waals surface area (Å²) >= 11 is 0.